The molecule has 0 radical (unpaired) electrons. The van der Waals surface area contributed by atoms with E-state index < -0.39 is 24.2 Å². The maximum absolute atomic E-state index is 10.8. The number of carbonyl (C=O) groups excluding carboxylic acids is 1. The Morgan fingerprint density at radius 3 is 2.75 bits per heavy atom. The second-order valence-electron chi connectivity index (χ2n) is 2.65. The van der Waals surface area contributed by atoms with E-state index in [1.54, 1.807) is 0 Å². The van der Waals surface area contributed by atoms with Crippen LogP contribution in [-0.4, -0.2) is 40.2 Å². The lowest BCUT2D eigenvalue weighted by atomic mass is 10.3. The molecule has 12 heavy (non-hydrogen) atoms. The van der Waals surface area contributed by atoms with Crippen LogP contribution in [0.25, 0.3) is 0 Å². The second-order valence-corrected chi connectivity index (χ2v) is 7.06. The van der Waals surface area contributed by atoms with Gasteiger partial charge in [-0.25, -0.2) is 4.79 Å². The molecule has 68 valence electrons. The molecular weight excluding hydrogens is 201 g/mol. The van der Waals surface area contributed by atoms with Crippen LogP contribution >= 0.6 is 6.26 Å². The maximum Gasteiger partial charge on any atom is 0.326 e. The molecular formula is C5H8NO4PS. The molecule has 3 N–H and O–H groups in total. The van der Waals surface area contributed by atoms with Crippen molar-refractivity contribution in [2.24, 2.45) is 0 Å². The molecule has 5 nitrogen and oxygen atoms in total. The Balaban J connectivity index is 2.77. The highest BCUT2D eigenvalue weighted by Gasteiger charge is 2.33. The molecule has 0 aliphatic carbocycles. The van der Waals surface area contributed by atoms with Crippen molar-refractivity contribution in [3.63, 3.8) is 0 Å². The van der Waals surface area contributed by atoms with Crippen LogP contribution in [0, 0.1) is 0 Å². The summed E-state index contributed by atoms with van der Waals surface area (Å²) in [4.78, 5) is 30.6. The summed E-state index contributed by atoms with van der Waals surface area (Å²) in [5, 5.41) is 10.8. The lowest BCUT2D eigenvalue weighted by Gasteiger charge is -2.26. The fraction of sp³-hybridized carbons (Fsp3) is 0.600. The molecule has 0 aromatic heterocycles. The molecule has 0 spiro atoms. The van der Waals surface area contributed by atoms with Gasteiger partial charge in [-0.1, -0.05) is 11.8 Å². The average molecular weight is 209 g/mol. The summed E-state index contributed by atoms with van der Waals surface area (Å²) in [6, 6.07) is -1.01. The van der Waals surface area contributed by atoms with Gasteiger partial charge in [0, 0.05) is 6.16 Å². The third kappa shape index (κ3) is 2.27. The van der Waals surface area contributed by atoms with Gasteiger partial charge in [-0.15, -0.1) is 0 Å². The van der Waals surface area contributed by atoms with E-state index in [9.17, 15) is 14.5 Å². The summed E-state index contributed by atoms with van der Waals surface area (Å²) < 4.78 is 0. The van der Waals surface area contributed by atoms with Crippen LogP contribution in [0.3, 0.4) is 0 Å². The molecule has 1 aliphatic heterocycles. The Labute approximate surface area is 73.9 Å². The topological polar surface area (TPSA) is 86.6 Å². The molecule has 1 unspecified atom stereocenters. The molecule has 0 aromatic rings. The van der Waals surface area contributed by atoms with E-state index >= 15 is 0 Å². The van der Waals surface area contributed by atoms with Gasteiger partial charge in [-0.2, -0.15) is 0 Å². The summed E-state index contributed by atoms with van der Waals surface area (Å²) in [6.45, 7) is 0. The first-order chi connectivity index (χ1) is 5.41. The monoisotopic (exact) mass is 209 g/mol. The molecule has 1 fully saturated rings. The number of hydrogen-bond acceptors (Lipinski definition) is 3. The van der Waals surface area contributed by atoms with Crippen LogP contribution in [0.5, 0.6) is 0 Å². The van der Waals surface area contributed by atoms with E-state index in [0.717, 1.165) is 0 Å². The number of amides is 1. The maximum atomic E-state index is 10.8. The highest BCUT2D eigenvalue weighted by Crippen LogP contribution is 2.43. The van der Waals surface area contributed by atoms with Gasteiger partial charge in [0.05, 0.1) is 12.4 Å². The van der Waals surface area contributed by atoms with Gasteiger partial charge in [-0.05, 0) is 0 Å². The number of hydrogen-bond donors (Lipinski definition) is 3. The van der Waals surface area contributed by atoms with E-state index in [2.05, 4.69) is 5.32 Å². The van der Waals surface area contributed by atoms with Crippen molar-refractivity contribution in [3.05, 3.63) is 0 Å². The zero-order valence-electron chi connectivity index (χ0n) is 6.06. The third-order valence-electron chi connectivity index (χ3n) is 1.49. The summed E-state index contributed by atoms with van der Waals surface area (Å²) in [5.74, 6) is -1.62. The van der Waals surface area contributed by atoms with Crippen molar-refractivity contribution in [1.29, 1.82) is 0 Å². The van der Waals surface area contributed by atoms with Crippen molar-refractivity contribution < 1.29 is 19.6 Å². The van der Waals surface area contributed by atoms with Crippen molar-refractivity contribution >= 4 is 29.9 Å². The van der Waals surface area contributed by atoms with E-state index in [-0.39, 0.29) is 12.3 Å². The first kappa shape index (κ1) is 9.64. The molecule has 7 heteroatoms. The number of rotatable bonds is 1. The van der Waals surface area contributed by atoms with Crippen LogP contribution in [-0.2, 0) is 21.4 Å². The van der Waals surface area contributed by atoms with Crippen molar-refractivity contribution in [2.45, 2.75) is 6.04 Å². The van der Waals surface area contributed by atoms with Gasteiger partial charge in [0.2, 0.25) is 5.91 Å². The number of nitrogens with one attached hydrogen (secondary N) is 1. The predicted octanol–water partition coefficient (Wildman–Crippen LogP) is -1.04. The van der Waals surface area contributed by atoms with Gasteiger partial charge >= 0.3 is 5.97 Å². The Kier molecular flexibility index (Phi) is 2.51. The van der Waals surface area contributed by atoms with Gasteiger partial charge in [0.25, 0.3) is 0 Å². The zero-order valence-corrected chi connectivity index (χ0v) is 7.77. The van der Waals surface area contributed by atoms with E-state index in [1.807, 2.05) is 0 Å². The first-order valence-corrected chi connectivity index (χ1v) is 6.36. The summed E-state index contributed by atoms with van der Waals surface area (Å²) in [6.07, 6.45) is -2.83. The lowest BCUT2D eigenvalue weighted by molar-refractivity contribution is -0.141. The van der Waals surface area contributed by atoms with Crippen LogP contribution in [0.1, 0.15) is 0 Å². The lowest BCUT2D eigenvalue weighted by Crippen LogP contribution is -2.48. The van der Waals surface area contributed by atoms with Crippen LogP contribution in [0.15, 0.2) is 0 Å². The fourth-order valence-electron chi connectivity index (χ4n) is 1.000. The fourth-order valence-corrected chi connectivity index (χ4v) is 3.29. The minimum Gasteiger partial charge on any atom is -0.480 e. The molecule has 1 amide bonds. The van der Waals surface area contributed by atoms with E-state index in [4.69, 9.17) is 16.9 Å². The second kappa shape index (κ2) is 3.12. The summed E-state index contributed by atoms with van der Waals surface area (Å²) >= 11 is 4.71. The minimum atomic E-state index is -2.71. The Morgan fingerprint density at radius 1 is 1.75 bits per heavy atom. The third-order valence-corrected chi connectivity index (χ3v) is 4.04. The van der Waals surface area contributed by atoms with E-state index in [0.29, 0.717) is 0 Å². The molecule has 0 bridgehead atoms. The Bertz CT molecular complexity index is 279. The molecule has 1 rings (SSSR count). The largest absolute Gasteiger partial charge is 0.480 e. The standard InChI is InChI=1S/C5H8NO4PS/c7-4-2-11(10,12)1-3(6-4)5(8)9/h3H,1-2H2,(H,6,7)(H,8,9)(H,10,12)/t3-,11?/m0/s1. The van der Waals surface area contributed by atoms with Gasteiger partial charge in [0.1, 0.15) is 6.04 Å². The smallest absolute Gasteiger partial charge is 0.326 e. The highest BCUT2D eigenvalue weighted by atomic mass is 32.4. The van der Waals surface area contributed by atoms with Gasteiger partial charge in [0.15, 0.2) is 0 Å². The normalized spacial score (nSPS) is 35.8. The predicted molar refractivity (Wildman–Crippen MR) is 45.8 cm³/mol. The van der Waals surface area contributed by atoms with Crippen molar-refractivity contribution in [3.8, 4) is 0 Å². The Morgan fingerprint density at radius 2 is 2.33 bits per heavy atom. The van der Waals surface area contributed by atoms with Crippen molar-refractivity contribution in [1.82, 2.24) is 5.32 Å². The van der Waals surface area contributed by atoms with Gasteiger partial charge < -0.3 is 15.3 Å². The average Bonchev–Trinajstić information content (AvgIpc) is 1.82. The van der Waals surface area contributed by atoms with Gasteiger partial charge in [-0.3, -0.25) is 4.79 Å². The van der Waals surface area contributed by atoms with Crippen LogP contribution in [0.4, 0.5) is 0 Å². The highest BCUT2D eigenvalue weighted by molar-refractivity contribution is 8.12. The summed E-state index contributed by atoms with van der Waals surface area (Å²) in [7, 11) is 0. The molecule has 2 atom stereocenters. The first-order valence-electron chi connectivity index (χ1n) is 3.24. The van der Waals surface area contributed by atoms with Crippen LogP contribution in [0.2, 0.25) is 0 Å². The molecule has 0 aromatic carbocycles. The molecule has 1 saturated heterocycles. The van der Waals surface area contributed by atoms with E-state index in [1.165, 1.54) is 0 Å². The SMILES string of the molecule is O=C1CP(O)(=S)C[C@@H](C(=O)O)N1. The number of aliphatic carboxylic acids is 1. The Hall–Kier alpha value is -0.450. The van der Waals surface area contributed by atoms with Crippen molar-refractivity contribution in [2.75, 3.05) is 12.3 Å². The molecule has 0 saturated carbocycles. The summed E-state index contributed by atoms with van der Waals surface area (Å²) in [5.41, 5.74) is 0. The number of carboxylic acid groups (broad SMARTS) is 1. The number of carboxylic acids is 1. The number of carbonyl (C=O) groups is 2. The molecule has 1 aliphatic rings. The van der Waals surface area contributed by atoms with Crippen LogP contribution < -0.4 is 5.32 Å². The zero-order chi connectivity index (χ0) is 9.35. The molecule has 1 heterocycles. The quantitative estimate of drug-likeness (QED) is 0.480. The minimum absolute atomic E-state index is 0.0105.